The van der Waals surface area contributed by atoms with Gasteiger partial charge in [-0.1, -0.05) is 23.7 Å². The molecule has 0 bridgehead atoms. The molecule has 0 heterocycles. The van der Waals surface area contributed by atoms with Crippen LogP contribution in [0.3, 0.4) is 0 Å². The fourth-order valence-corrected chi connectivity index (χ4v) is 3.10. The summed E-state index contributed by atoms with van der Waals surface area (Å²) in [5, 5.41) is 7.95. The van der Waals surface area contributed by atoms with E-state index in [1.54, 1.807) is 0 Å². The van der Waals surface area contributed by atoms with Crippen molar-refractivity contribution in [2.45, 2.75) is 24.5 Å². The highest BCUT2D eigenvalue weighted by atomic mass is 35.5. The first-order valence-electron chi connectivity index (χ1n) is 5.26. The average molecular weight is 317 g/mol. The molecule has 1 aromatic carbocycles. The molecule has 0 saturated carbocycles. The van der Waals surface area contributed by atoms with Gasteiger partial charge in [0.2, 0.25) is 0 Å². The molecule has 19 heavy (non-hydrogen) atoms. The molecule has 0 unspecified atom stereocenters. The minimum absolute atomic E-state index is 0.280. The van der Waals surface area contributed by atoms with Crippen molar-refractivity contribution in [3.63, 3.8) is 0 Å². The molecule has 0 aliphatic heterocycles. The average Bonchev–Trinajstić information content (AvgIpc) is 2.26. The molecule has 3 nitrogen and oxygen atoms in total. The molecule has 1 rings (SSSR count). The first kappa shape index (κ1) is 16.3. The summed E-state index contributed by atoms with van der Waals surface area (Å²) in [7, 11) is -4.14. The number of hydrogen-bond acceptors (Lipinski definition) is 3. The molecule has 0 spiro atoms. The molecule has 0 saturated heterocycles. The van der Waals surface area contributed by atoms with E-state index in [9.17, 15) is 21.6 Å². The number of benzene rings is 1. The van der Waals surface area contributed by atoms with E-state index in [1.165, 1.54) is 31.2 Å². The quantitative estimate of drug-likeness (QED) is 0.929. The number of aliphatic hydroxyl groups is 1. The van der Waals surface area contributed by atoms with Crippen molar-refractivity contribution in [3.05, 3.63) is 34.9 Å². The van der Waals surface area contributed by atoms with Crippen molar-refractivity contribution in [3.8, 4) is 0 Å². The van der Waals surface area contributed by atoms with Gasteiger partial charge >= 0.3 is 6.18 Å². The van der Waals surface area contributed by atoms with Gasteiger partial charge in [0.05, 0.1) is 11.0 Å². The zero-order valence-corrected chi connectivity index (χ0v) is 11.4. The maximum Gasteiger partial charge on any atom is 0.415 e. The molecule has 1 aromatic rings. The maximum absolute atomic E-state index is 12.2. The molecule has 2 atom stereocenters. The van der Waals surface area contributed by atoms with E-state index < -0.39 is 33.1 Å². The van der Waals surface area contributed by atoms with Gasteiger partial charge in [0.15, 0.2) is 15.9 Å². The van der Waals surface area contributed by atoms with Gasteiger partial charge in [-0.25, -0.2) is 8.42 Å². The summed E-state index contributed by atoms with van der Waals surface area (Å²) in [6.45, 7) is 1.25. The molecule has 0 aliphatic rings. The largest absolute Gasteiger partial charge is 0.415 e. The highest BCUT2D eigenvalue weighted by Crippen LogP contribution is 2.28. The number of alkyl halides is 3. The first-order chi connectivity index (χ1) is 8.54. The summed E-state index contributed by atoms with van der Waals surface area (Å²) >= 11 is 5.69. The lowest BCUT2D eigenvalue weighted by atomic mass is 10.2. The Morgan fingerprint density at radius 2 is 1.95 bits per heavy atom. The predicted molar refractivity (Wildman–Crippen MR) is 65.7 cm³/mol. The van der Waals surface area contributed by atoms with Gasteiger partial charge in [-0.2, -0.15) is 13.2 Å². The molecule has 0 radical (unpaired) electrons. The lowest BCUT2D eigenvalue weighted by Crippen LogP contribution is -2.36. The summed E-state index contributed by atoms with van der Waals surface area (Å²) in [6.07, 6.45) is -7.85. The van der Waals surface area contributed by atoms with Crippen LogP contribution in [0.5, 0.6) is 0 Å². The van der Waals surface area contributed by atoms with Crippen molar-refractivity contribution in [1.82, 2.24) is 0 Å². The van der Waals surface area contributed by atoms with Gasteiger partial charge in [0, 0.05) is 5.02 Å². The van der Waals surface area contributed by atoms with Crippen molar-refractivity contribution in [2.75, 3.05) is 5.75 Å². The van der Waals surface area contributed by atoms with Gasteiger partial charge < -0.3 is 5.11 Å². The van der Waals surface area contributed by atoms with Crippen LogP contribution >= 0.6 is 11.6 Å². The van der Waals surface area contributed by atoms with Gasteiger partial charge in [0.25, 0.3) is 0 Å². The van der Waals surface area contributed by atoms with Crippen LogP contribution in [0.25, 0.3) is 0 Å². The Bertz CT molecular complexity index is 542. The van der Waals surface area contributed by atoms with E-state index in [-0.39, 0.29) is 10.6 Å². The third-order valence-electron chi connectivity index (χ3n) is 2.62. The van der Waals surface area contributed by atoms with Crippen LogP contribution in [0.1, 0.15) is 17.7 Å². The van der Waals surface area contributed by atoms with E-state index in [0.717, 1.165) is 0 Å². The minimum atomic E-state index is -4.96. The summed E-state index contributed by atoms with van der Waals surface area (Å²) in [5.74, 6) is -1.37. The van der Waals surface area contributed by atoms with Gasteiger partial charge in [0.1, 0.15) is 0 Å². The number of sulfone groups is 1. The van der Waals surface area contributed by atoms with Gasteiger partial charge in [-0.15, -0.1) is 0 Å². The standard InChI is InChI=1S/C11H12ClF3O3S/c1-7(8-3-2-4-9(12)5-8)19(17,18)6-10(16)11(13,14)15/h2-5,7,10,16H,6H2,1H3/t7-,10-/m0/s1. The topological polar surface area (TPSA) is 54.4 Å². The van der Waals surface area contributed by atoms with E-state index in [0.29, 0.717) is 0 Å². The molecule has 8 heteroatoms. The zero-order valence-electron chi connectivity index (χ0n) is 9.86. The van der Waals surface area contributed by atoms with Crippen molar-refractivity contribution in [1.29, 1.82) is 0 Å². The fourth-order valence-electron chi connectivity index (χ4n) is 1.43. The van der Waals surface area contributed by atoms with Crippen LogP contribution in [0.2, 0.25) is 5.02 Å². The van der Waals surface area contributed by atoms with Crippen molar-refractivity contribution in [2.24, 2.45) is 0 Å². The smallest absolute Gasteiger partial charge is 0.383 e. The van der Waals surface area contributed by atoms with E-state index in [1.807, 2.05) is 0 Å². The number of halogens is 4. The summed E-state index contributed by atoms with van der Waals surface area (Å²) in [4.78, 5) is 0. The normalized spacial score (nSPS) is 16.1. The Hall–Kier alpha value is -0.790. The second-order valence-electron chi connectivity index (χ2n) is 4.08. The van der Waals surface area contributed by atoms with Gasteiger partial charge in [-0.3, -0.25) is 0 Å². The van der Waals surface area contributed by atoms with E-state index in [2.05, 4.69) is 0 Å². The minimum Gasteiger partial charge on any atom is -0.383 e. The molecular formula is C11H12ClF3O3S. The number of hydrogen-bond donors (Lipinski definition) is 1. The molecule has 0 fully saturated rings. The Labute approximate surface area is 113 Å². The van der Waals surface area contributed by atoms with Crippen LogP contribution in [-0.4, -0.2) is 31.6 Å². The lowest BCUT2D eigenvalue weighted by molar-refractivity contribution is -0.196. The fraction of sp³-hybridized carbons (Fsp3) is 0.455. The lowest BCUT2D eigenvalue weighted by Gasteiger charge is -2.18. The molecule has 1 N–H and O–H groups in total. The highest BCUT2D eigenvalue weighted by molar-refractivity contribution is 7.91. The SMILES string of the molecule is C[C@@H](c1cccc(Cl)c1)S(=O)(=O)C[C@H](O)C(F)(F)F. The Kier molecular flexibility index (Phi) is 4.86. The molecule has 0 aromatic heterocycles. The molecule has 0 amide bonds. The van der Waals surface area contributed by atoms with Gasteiger partial charge in [-0.05, 0) is 24.6 Å². The molecular weight excluding hydrogens is 305 g/mol. The Morgan fingerprint density at radius 1 is 1.37 bits per heavy atom. The summed E-state index contributed by atoms with van der Waals surface area (Å²) < 4.78 is 60.1. The summed E-state index contributed by atoms with van der Waals surface area (Å²) in [5.41, 5.74) is 0.280. The summed E-state index contributed by atoms with van der Waals surface area (Å²) in [6, 6.07) is 5.84. The molecule has 0 aliphatic carbocycles. The van der Waals surface area contributed by atoms with Crippen LogP contribution in [-0.2, 0) is 9.84 Å². The maximum atomic E-state index is 12.2. The van der Waals surface area contributed by atoms with Crippen LogP contribution < -0.4 is 0 Å². The Balaban J connectivity index is 2.95. The number of rotatable bonds is 4. The van der Waals surface area contributed by atoms with Crippen LogP contribution in [0.4, 0.5) is 13.2 Å². The van der Waals surface area contributed by atoms with Crippen LogP contribution in [0, 0.1) is 0 Å². The second kappa shape index (κ2) is 5.68. The van der Waals surface area contributed by atoms with E-state index >= 15 is 0 Å². The Morgan fingerprint density at radius 3 is 2.42 bits per heavy atom. The molecule has 108 valence electrons. The van der Waals surface area contributed by atoms with Crippen LogP contribution in [0.15, 0.2) is 24.3 Å². The van der Waals surface area contributed by atoms with Crippen molar-refractivity contribution >= 4 is 21.4 Å². The predicted octanol–water partition coefficient (Wildman–Crippen LogP) is 2.74. The van der Waals surface area contributed by atoms with E-state index in [4.69, 9.17) is 16.7 Å². The zero-order chi connectivity index (χ0) is 14.8. The monoisotopic (exact) mass is 316 g/mol. The third kappa shape index (κ3) is 4.36. The third-order valence-corrected chi connectivity index (χ3v) is 4.99. The highest BCUT2D eigenvalue weighted by Gasteiger charge is 2.42. The first-order valence-corrected chi connectivity index (χ1v) is 7.35. The number of aliphatic hydroxyl groups excluding tert-OH is 1. The second-order valence-corrected chi connectivity index (χ2v) is 6.89. The van der Waals surface area contributed by atoms with Crippen molar-refractivity contribution < 1.29 is 26.7 Å².